The van der Waals surface area contributed by atoms with Crippen molar-refractivity contribution < 1.29 is 14.7 Å². The van der Waals surface area contributed by atoms with Crippen LogP contribution in [-0.4, -0.2) is 23.1 Å². The van der Waals surface area contributed by atoms with Crippen molar-refractivity contribution in [2.24, 2.45) is 5.10 Å². The van der Waals surface area contributed by atoms with Crippen LogP contribution in [0.25, 0.3) is 6.08 Å². The number of aromatic hydroxyl groups is 1. The van der Waals surface area contributed by atoms with Gasteiger partial charge in [-0.3, -0.25) is 9.59 Å². The number of hydrazone groups is 1. The van der Waals surface area contributed by atoms with E-state index in [1.54, 1.807) is 36.4 Å². The van der Waals surface area contributed by atoms with Crippen LogP contribution in [0.15, 0.2) is 70.8 Å². The highest BCUT2D eigenvalue weighted by molar-refractivity contribution is 7.10. The first-order valence-electron chi connectivity index (χ1n) is 8.57. The Kier molecular flexibility index (Phi) is 7.24. The second kappa shape index (κ2) is 10.1. The molecule has 0 spiro atoms. The molecule has 3 rings (SSSR count). The second-order valence-corrected chi connectivity index (χ2v) is 7.74. The monoisotopic (exact) mass is 459 g/mol. The van der Waals surface area contributed by atoms with Crippen molar-refractivity contribution in [2.45, 2.75) is 0 Å². The lowest BCUT2D eigenvalue weighted by Gasteiger charge is -2.09. The first kappa shape index (κ1) is 21.6. The molecule has 0 saturated heterocycles. The van der Waals surface area contributed by atoms with Gasteiger partial charge in [0.1, 0.15) is 11.4 Å². The van der Waals surface area contributed by atoms with E-state index in [0.717, 1.165) is 4.88 Å². The van der Waals surface area contributed by atoms with Crippen LogP contribution >= 0.6 is 34.5 Å². The van der Waals surface area contributed by atoms with Gasteiger partial charge in [-0.15, -0.1) is 11.3 Å². The average molecular weight is 460 g/mol. The SMILES string of the molecule is O=C(N/N=C/c1cc(Cl)cc(Cl)c1O)/C(=C\c1cccs1)NC(=O)c1ccccc1. The molecule has 9 heteroatoms. The van der Waals surface area contributed by atoms with Crippen LogP contribution in [0.3, 0.4) is 0 Å². The minimum Gasteiger partial charge on any atom is -0.506 e. The number of carbonyl (C=O) groups is 2. The van der Waals surface area contributed by atoms with E-state index in [1.165, 1.54) is 29.7 Å². The summed E-state index contributed by atoms with van der Waals surface area (Å²) in [5.74, 6) is -1.29. The number of hydrogen-bond acceptors (Lipinski definition) is 5. The smallest absolute Gasteiger partial charge is 0.287 e. The summed E-state index contributed by atoms with van der Waals surface area (Å²) in [4.78, 5) is 25.9. The first-order chi connectivity index (χ1) is 14.4. The zero-order valence-electron chi connectivity index (χ0n) is 15.3. The van der Waals surface area contributed by atoms with Gasteiger partial charge in [-0.2, -0.15) is 5.10 Å². The molecule has 0 aliphatic heterocycles. The summed E-state index contributed by atoms with van der Waals surface area (Å²) in [6.45, 7) is 0. The summed E-state index contributed by atoms with van der Waals surface area (Å²) in [6.07, 6.45) is 2.75. The molecule has 0 fully saturated rings. The number of hydrogen-bond donors (Lipinski definition) is 3. The van der Waals surface area contributed by atoms with E-state index in [2.05, 4.69) is 15.8 Å². The molecule has 2 aromatic carbocycles. The first-order valence-corrected chi connectivity index (χ1v) is 10.2. The lowest BCUT2D eigenvalue weighted by atomic mass is 10.2. The third-order valence-electron chi connectivity index (χ3n) is 3.79. The summed E-state index contributed by atoms with van der Waals surface area (Å²) in [5.41, 5.74) is 2.97. The van der Waals surface area contributed by atoms with Gasteiger partial charge in [0.05, 0.1) is 11.2 Å². The van der Waals surface area contributed by atoms with Gasteiger partial charge in [0, 0.05) is 21.0 Å². The zero-order chi connectivity index (χ0) is 21.5. The molecule has 2 amide bonds. The van der Waals surface area contributed by atoms with E-state index in [0.29, 0.717) is 10.6 Å². The van der Waals surface area contributed by atoms with E-state index in [1.807, 2.05) is 17.5 Å². The minimum absolute atomic E-state index is 0.0109. The highest BCUT2D eigenvalue weighted by atomic mass is 35.5. The third kappa shape index (κ3) is 5.70. The normalized spacial score (nSPS) is 11.5. The number of rotatable bonds is 6. The molecule has 0 bridgehead atoms. The number of phenols is 1. The van der Waals surface area contributed by atoms with E-state index in [9.17, 15) is 14.7 Å². The number of nitrogens with one attached hydrogen (secondary N) is 2. The molecule has 6 nitrogen and oxygen atoms in total. The number of halogens is 2. The second-order valence-electron chi connectivity index (χ2n) is 5.92. The van der Waals surface area contributed by atoms with Crippen LogP contribution in [0.1, 0.15) is 20.8 Å². The van der Waals surface area contributed by atoms with Crippen molar-refractivity contribution in [2.75, 3.05) is 0 Å². The molecule has 0 aliphatic rings. The number of carbonyl (C=O) groups excluding carboxylic acids is 2. The highest BCUT2D eigenvalue weighted by Gasteiger charge is 2.14. The molecule has 0 unspecified atom stereocenters. The Morgan fingerprint density at radius 1 is 1.07 bits per heavy atom. The number of nitrogens with zero attached hydrogens (tertiary/aromatic N) is 1. The standard InChI is InChI=1S/C21H15Cl2N3O3S/c22-15-9-14(19(27)17(23)10-15)12-24-26-21(29)18(11-16-7-4-8-30-16)25-20(28)13-5-2-1-3-6-13/h1-12,27H,(H,25,28)(H,26,29)/b18-11+,24-12+. The van der Waals surface area contributed by atoms with Crippen molar-refractivity contribution in [3.05, 3.63) is 91.7 Å². The molecule has 0 radical (unpaired) electrons. The van der Waals surface area contributed by atoms with Crippen LogP contribution < -0.4 is 10.7 Å². The summed E-state index contributed by atoms with van der Waals surface area (Å²) < 4.78 is 0. The average Bonchev–Trinajstić information content (AvgIpc) is 3.24. The van der Waals surface area contributed by atoms with E-state index < -0.39 is 11.8 Å². The fraction of sp³-hybridized carbons (Fsp3) is 0. The molecule has 3 aromatic rings. The molecule has 1 heterocycles. The predicted octanol–water partition coefficient (Wildman–Crippen LogP) is 4.68. The summed E-state index contributed by atoms with van der Waals surface area (Å²) in [6, 6.07) is 15.0. The molecule has 1 aromatic heterocycles. The Morgan fingerprint density at radius 2 is 1.83 bits per heavy atom. The van der Waals surface area contributed by atoms with Gasteiger partial charge in [-0.25, -0.2) is 5.43 Å². The van der Waals surface area contributed by atoms with Crippen LogP contribution in [0, 0.1) is 0 Å². The summed E-state index contributed by atoms with van der Waals surface area (Å²) in [7, 11) is 0. The maximum absolute atomic E-state index is 12.6. The van der Waals surface area contributed by atoms with E-state index >= 15 is 0 Å². The van der Waals surface area contributed by atoms with Crippen molar-refractivity contribution >= 4 is 58.6 Å². The Balaban J connectivity index is 1.78. The van der Waals surface area contributed by atoms with Gasteiger partial charge in [-0.05, 0) is 41.8 Å². The van der Waals surface area contributed by atoms with Gasteiger partial charge in [0.25, 0.3) is 11.8 Å². The predicted molar refractivity (Wildman–Crippen MR) is 120 cm³/mol. The Hall–Kier alpha value is -3.13. The third-order valence-corrected chi connectivity index (χ3v) is 5.11. The van der Waals surface area contributed by atoms with Crippen molar-refractivity contribution in [1.29, 1.82) is 0 Å². The molecule has 0 aliphatic carbocycles. The molecule has 30 heavy (non-hydrogen) atoms. The van der Waals surface area contributed by atoms with Crippen LogP contribution in [0.4, 0.5) is 0 Å². The molecule has 0 atom stereocenters. The van der Waals surface area contributed by atoms with Gasteiger partial charge >= 0.3 is 0 Å². The Bertz CT molecular complexity index is 1110. The number of thiophene rings is 1. The lowest BCUT2D eigenvalue weighted by Crippen LogP contribution is -2.32. The maximum Gasteiger partial charge on any atom is 0.287 e. The van der Waals surface area contributed by atoms with Gasteiger partial charge in [-0.1, -0.05) is 47.5 Å². The van der Waals surface area contributed by atoms with Gasteiger partial charge < -0.3 is 10.4 Å². The quantitative estimate of drug-likeness (QED) is 0.283. The van der Waals surface area contributed by atoms with E-state index in [4.69, 9.17) is 23.2 Å². The van der Waals surface area contributed by atoms with E-state index in [-0.39, 0.29) is 22.0 Å². The molecule has 3 N–H and O–H groups in total. The zero-order valence-corrected chi connectivity index (χ0v) is 17.6. The molecular formula is C21H15Cl2N3O3S. The number of amides is 2. The van der Waals surface area contributed by atoms with Crippen molar-refractivity contribution in [1.82, 2.24) is 10.7 Å². The number of phenolic OH excluding ortho intramolecular Hbond substituents is 1. The topological polar surface area (TPSA) is 90.8 Å². The fourth-order valence-corrected chi connectivity index (χ4v) is 3.53. The maximum atomic E-state index is 12.6. The Morgan fingerprint density at radius 3 is 2.53 bits per heavy atom. The van der Waals surface area contributed by atoms with Crippen LogP contribution in [0.5, 0.6) is 5.75 Å². The Labute approximate surface area is 186 Å². The largest absolute Gasteiger partial charge is 0.506 e. The van der Waals surface area contributed by atoms with Crippen LogP contribution in [-0.2, 0) is 4.79 Å². The molecule has 152 valence electrons. The number of benzene rings is 2. The summed E-state index contributed by atoms with van der Waals surface area (Å²) in [5, 5.41) is 18.6. The molecular weight excluding hydrogens is 445 g/mol. The lowest BCUT2D eigenvalue weighted by molar-refractivity contribution is -0.117. The minimum atomic E-state index is -0.642. The van der Waals surface area contributed by atoms with Crippen LogP contribution in [0.2, 0.25) is 10.0 Å². The highest BCUT2D eigenvalue weighted by Crippen LogP contribution is 2.29. The van der Waals surface area contributed by atoms with Gasteiger partial charge in [0.2, 0.25) is 0 Å². The van der Waals surface area contributed by atoms with Gasteiger partial charge in [0.15, 0.2) is 0 Å². The van der Waals surface area contributed by atoms with Crippen molar-refractivity contribution in [3.63, 3.8) is 0 Å². The fourth-order valence-electron chi connectivity index (χ4n) is 2.36. The molecule has 0 saturated carbocycles. The summed E-state index contributed by atoms with van der Waals surface area (Å²) >= 11 is 13.2. The van der Waals surface area contributed by atoms with Crippen molar-refractivity contribution in [3.8, 4) is 5.75 Å².